The highest BCUT2D eigenvalue weighted by Crippen LogP contribution is 2.18. The molecule has 112 valence electrons. The van der Waals surface area contributed by atoms with Gasteiger partial charge in [-0.15, -0.1) is 11.3 Å². The monoisotopic (exact) mass is 303 g/mol. The van der Waals surface area contributed by atoms with E-state index >= 15 is 0 Å². The van der Waals surface area contributed by atoms with Crippen LogP contribution in [0.2, 0.25) is 0 Å². The second kappa shape index (κ2) is 7.90. The van der Waals surface area contributed by atoms with E-state index in [4.69, 9.17) is 5.73 Å². The minimum Gasteiger partial charge on any atom is -0.346 e. The van der Waals surface area contributed by atoms with Gasteiger partial charge in [0, 0.05) is 11.6 Å². The number of nitrogens with zero attached hydrogens (tertiary/aromatic N) is 1. The van der Waals surface area contributed by atoms with Gasteiger partial charge in [0.25, 0.3) is 0 Å². The van der Waals surface area contributed by atoms with Gasteiger partial charge in [-0.1, -0.05) is 37.3 Å². The summed E-state index contributed by atoms with van der Waals surface area (Å²) in [6.07, 6.45) is 4.02. The van der Waals surface area contributed by atoms with Crippen LogP contribution < -0.4 is 11.1 Å². The van der Waals surface area contributed by atoms with Gasteiger partial charge >= 0.3 is 0 Å². The zero-order valence-corrected chi connectivity index (χ0v) is 13.0. The molecule has 0 aliphatic carbocycles. The average Bonchev–Trinajstić information content (AvgIpc) is 3.05. The molecule has 21 heavy (non-hydrogen) atoms. The first-order valence-corrected chi connectivity index (χ1v) is 8.08. The summed E-state index contributed by atoms with van der Waals surface area (Å²) < 4.78 is 0. The number of nitrogens with one attached hydrogen (secondary N) is 1. The van der Waals surface area contributed by atoms with Gasteiger partial charge in [-0.25, -0.2) is 4.98 Å². The first kappa shape index (κ1) is 15.7. The molecular formula is C16H21N3OS. The second-order valence-electron chi connectivity index (χ2n) is 4.97. The standard InChI is InChI=1S/C16H21N3OS/c1-2-14(16-18-10-11-21-16)19-15(20)13(17)9-8-12-6-4-3-5-7-12/h3-7,10-11,13-14H,2,8-9,17H2,1H3,(H,19,20). The lowest BCUT2D eigenvalue weighted by atomic mass is 10.0. The lowest BCUT2D eigenvalue weighted by Crippen LogP contribution is -2.42. The summed E-state index contributed by atoms with van der Waals surface area (Å²) in [5.41, 5.74) is 7.19. The number of carbonyl (C=O) groups is 1. The van der Waals surface area contributed by atoms with Gasteiger partial charge in [-0.2, -0.15) is 0 Å². The van der Waals surface area contributed by atoms with Gasteiger partial charge in [0.05, 0.1) is 12.1 Å². The Morgan fingerprint density at radius 1 is 1.38 bits per heavy atom. The van der Waals surface area contributed by atoms with Crippen LogP contribution in [0.3, 0.4) is 0 Å². The molecule has 0 bridgehead atoms. The summed E-state index contributed by atoms with van der Waals surface area (Å²) in [5.74, 6) is -0.104. The summed E-state index contributed by atoms with van der Waals surface area (Å²) in [5, 5.41) is 5.84. The van der Waals surface area contributed by atoms with Crippen molar-refractivity contribution in [2.24, 2.45) is 5.73 Å². The van der Waals surface area contributed by atoms with Gasteiger partial charge in [-0.05, 0) is 24.8 Å². The van der Waals surface area contributed by atoms with Crippen molar-refractivity contribution in [2.75, 3.05) is 0 Å². The number of carbonyl (C=O) groups excluding carboxylic acids is 1. The zero-order chi connectivity index (χ0) is 15.1. The van der Waals surface area contributed by atoms with Crippen molar-refractivity contribution in [1.29, 1.82) is 0 Å². The number of thiazole rings is 1. The highest BCUT2D eigenvalue weighted by atomic mass is 32.1. The molecule has 2 rings (SSSR count). The van der Waals surface area contributed by atoms with Crippen LogP contribution in [0, 0.1) is 0 Å². The molecule has 1 heterocycles. The lowest BCUT2D eigenvalue weighted by molar-refractivity contribution is -0.123. The molecule has 0 radical (unpaired) electrons. The average molecular weight is 303 g/mol. The molecule has 0 fully saturated rings. The molecule has 5 heteroatoms. The number of aryl methyl sites for hydroxylation is 1. The molecule has 0 spiro atoms. The molecule has 4 nitrogen and oxygen atoms in total. The Labute approximate surface area is 129 Å². The first-order chi connectivity index (χ1) is 10.2. The second-order valence-corrected chi connectivity index (χ2v) is 5.90. The van der Waals surface area contributed by atoms with Crippen molar-refractivity contribution in [2.45, 2.75) is 38.3 Å². The smallest absolute Gasteiger partial charge is 0.237 e. The summed E-state index contributed by atoms with van der Waals surface area (Å²) in [7, 11) is 0. The fourth-order valence-electron chi connectivity index (χ4n) is 2.12. The van der Waals surface area contributed by atoms with Crippen LogP contribution in [0.25, 0.3) is 0 Å². The third-order valence-corrected chi connectivity index (χ3v) is 4.29. The number of benzene rings is 1. The van der Waals surface area contributed by atoms with Crippen molar-refractivity contribution >= 4 is 17.2 Å². The fourth-order valence-corrected chi connectivity index (χ4v) is 2.89. The van der Waals surface area contributed by atoms with Gasteiger partial charge in [-0.3, -0.25) is 4.79 Å². The van der Waals surface area contributed by atoms with Gasteiger partial charge in [0.1, 0.15) is 5.01 Å². The van der Waals surface area contributed by atoms with Crippen molar-refractivity contribution < 1.29 is 4.79 Å². The minimum absolute atomic E-state index is 0.0414. The van der Waals surface area contributed by atoms with Crippen LogP contribution in [0.1, 0.15) is 36.4 Å². The third kappa shape index (κ3) is 4.65. The molecular weight excluding hydrogens is 282 g/mol. The number of amides is 1. The molecule has 3 N–H and O–H groups in total. The van der Waals surface area contributed by atoms with Crippen LogP contribution >= 0.6 is 11.3 Å². The molecule has 1 amide bonds. The molecule has 0 saturated heterocycles. The normalized spacial score (nSPS) is 13.6. The molecule has 1 aromatic carbocycles. The van der Waals surface area contributed by atoms with E-state index in [0.717, 1.165) is 17.8 Å². The maximum absolute atomic E-state index is 12.2. The van der Waals surface area contributed by atoms with E-state index in [2.05, 4.69) is 22.4 Å². The molecule has 2 aromatic rings. The molecule has 0 saturated carbocycles. The van der Waals surface area contributed by atoms with E-state index in [1.807, 2.05) is 30.5 Å². The van der Waals surface area contributed by atoms with Crippen LogP contribution in [0.15, 0.2) is 41.9 Å². The van der Waals surface area contributed by atoms with E-state index in [1.165, 1.54) is 5.56 Å². The summed E-state index contributed by atoms with van der Waals surface area (Å²) in [4.78, 5) is 16.4. The largest absolute Gasteiger partial charge is 0.346 e. The Kier molecular flexibility index (Phi) is 5.90. The van der Waals surface area contributed by atoms with Crippen molar-refractivity contribution in [1.82, 2.24) is 10.3 Å². The topological polar surface area (TPSA) is 68.0 Å². The predicted molar refractivity (Wildman–Crippen MR) is 86.0 cm³/mol. The molecule has 0 aliphatic heterocycles. The Bertz CT molecular complexity index is 542. The summed E-state index contributed by atoms with van der Waals surface area (Å²) >= 11 is 1.55. The van der Waals surface area contributed by atoms with Gasteiger partial charge < -0.3 is 11.1 Å². The third-order valence-electron chi connectivity index (χ3n) is 3.40. The van der Waals surface area contributed by atoms with E-state index < -0.39 is 6.04 Å². The van der Waals surface area contributed by atoms with Crippen LogP contribution in [0.4, 0.5) is 0 Å². The maximum atomic E-state index is 12.2. The Morgan fingerprint density at radius 3 is 2.76 bits per heavy atom. The van der Waals surface area contributed by atoms with E-state index in [-0.39, 0.29) is 11.9 Å². The Balaban J connectivity index is 1.84. The minimum atomic E-state index is -0.487. The summed E-state index contributed by atoms with van der Waals surface area (Å²) in [6, 6.07) is 9.55. The first-order valence-electron chi connectivity index (χ1n) is 7.20. The highest BCUT2D eigenvalue weighted by molar-refractivity contribution is 7.09. The fraction of sp³-hybridized carbons (Fsp3) is 0.375. The van der Waals surface area contributed by atoms with E-state index in [1.54, 1.807) is 17.5 Å². The Hall–Kier alpha value is -1.72. The van der Waals surface area contributed by atoms with Crippen molar-refractivity contribution in [3.05, 3.63) is 52.5 Å². The predicted octanol–water partition coefficient (Wildman–Crippen LogP) is 2.67. The molecule has 0 aliphatic rings. The van der Waals surface area contributed by atoms with Crippen LogP contribution in [-0.2, 0) is 11.2 Å². The van der Waals surface area contributed by atoms with Crippen molar-refractivity contribution in [3.8, 4) is 0 Å². The van der Waals surface area contributed by atoms with Gasteiger partial charge in [0.2, 0.25) is 5.91 Å². The van der Waals surface area contributed by atoms with Crippen molar-refractivity contribution in [3.63, 3.8) is 0 Å². The van der Waals surface area contributed by atoms with Crippen LogP contribution in [0.5, 0.6) is 0 Å². The number of aromatic nitrogens is 1. The number of nitrogens with two attached hydrogens (primary N) is 1. The highest BCUT2D eigenvalue weighted by Gasteiger charge is 2.19. The SMILES string of the molecule is CCC(NC(=O)C(N)CCc1ccccc1)c1nccs1. The number of rotatable bonds is 7. The molecule has 2 atom stereocenters. The van der Waals surface area contributed by atoms with Gasteiger partial charge in [0.15, 0.2) is 0 Å². The van der Waals surface area contributed by atoms with E-state index in [9.17, 15) is 4.79 Å². The molecule has 1 aromatic heterocycles. The maximum Gasteiger partial charge on any atom is 0.237 e. The number of hydrogen-bond donors (Lipinski definition) is 2. The van der Waals surface area contributed by atoms with Crippen LogP contribution in [-0.4, -0.2) is 16.9 Å². The molecule has 2 unspecified atom stereocenters. The zero-order valence-electron chi connectivity index (χ0n) is 12.2. The Morgan fingerprint density at radius 2 is 2.14 bits per heavy atom. The lowest BCUT2D eigenvalue weighted by Gasteiger charge is -2.18. The summed E-state index contributed by atoms with van der Waals surface area (Å²) in [6.45, 7) is 2.03. The van der Waals surface area contributed by atoms with E-state index in [0.29, 0.717) is 6.42 Å². The quantitative estimate of drug-likeness (QED) is 0.826. The number of hydrogen-bond acceptors (Lipinski definition) is 4.